The second-order valence-corrected chi connectivity index (χ2v) is 10.6. The van der Waals surface area contributed by atoms with Gasteiger partial charge in [0.2, 0.25) is 5.62 Å². The monoisotopic (exact) mass is 546 g/mol. The lowest BCUT2D eigenvalue weighted by Crippen LogP contribution is -2.32. The normalized spacial score (nSPS) is 11.8. The van der Waals surface area contributed by atoms with Gasteiger partial charge in [0.1, 0.15) is 5.75 Å². The van der Waals surface area contributed by atoms with Gasteiger partial charge in [-0.25, -0.2) is 4.79 Å². The first-order valence-electron chi connectivity index (χ1n) is 11.3. The number of halogens is 1. The minimum atomic E-state index is -1.12. The van der Waals surface area contributed by atoms with Crippen molar-refractivity contribution in [3.05, 3.63) is 58.7 Å². The molecule has 0 unspecified atom stereocenters. The summed E-state index contributed by atoms with van der Waals surface area (Å²) in [6.45, 7) is 12.4. The van der Waals surface area contributed by atoms with Crippen LogP contribution in [0.1, 0.15) is 63.0 Å². The Labute approximate surface area is 215 Å². The van der Waals surface area contributed by atoms with Gasteiger partial charge in [-0.15, -0.1) is 17.0 Å². The average molecular weight is 547 g/mol. The van der Waals surface area contributed by atoms with Crippen molar-refractivity contribution >= 4 is 39.9 Å². The summed E-state index contributed by atoms with van der Waals surface area (Å²) in [5, 5.41) is 30.8. The summed E-state index contributed by atoms with van der Waals surface area (Å²) in [6, 6.07) is 10.9. The maximum Gasteiger partial charge on any atom is 0.404 e. The van der Waals surface area contributed by atoms with Gasteiger partial charge in [-0.05, 0) is 35.1 Å². The van der Waals surface area contributed by atoms with Gasteiger partial charge in [0.05, 0.1) is 17.6 Å². The number of carboxylic acid groups (broad SMARTS) is 1. The highest BCUT2D eigenvalue weighted by Crippen LogP contribution is 2.40. The summed E-state index contributed by atoms with van der Waals surface area (Å²) in [5.41, 5.74) is 2.79. The number of carbonyl (C=O) groups excluding carboxylic acids is 1. The smallest absolute Gasteiger partial charge is 0.404 e. The molecule has 0 aliphatic heterocycles. The van der Waals surface area contributed by atoms with E-state index >= 15 is 0 Å². The lowest BCUT2D eigenvalue weighted by Gasteiger charge is -2.28. The molecule has 1 aromatic heterocycles. The summed E-state index contributed by atoms with van der Waals surface area (Å²) >= 11 is 0. The van der Waals surface area contributed by atoms with E-state index in [1.165, 1.54) is 0 Å². The Morgan fingerprint density at radius 2 is 1.43 bits per heavy atom. The molecule has 4 N–H and O–H groups in total. The minimum Gasteiger partial charge on any atom is -0.507 e. The third kappa shape index (κ3) is 5.96. The zero-order valence-corrected chi connectivity index (χ0v) is 22.8. The van der Waals surface area contributed by atoms with Gasteiger partial charge in [-0.2, -0.15) is 0 Å². The van der Waals surface area contributed by atoms with Gasteiger partial charge in [-0.1, -0.05) is 53.7 Å². The molecule has 0 saturated carbocycles. The fourth-order valence-corrected chi connectivity index (χ4v) is 4.13. The molecule has 0 fully saturated rings. The van der Waals surface area contributed by atoms with Crippen molar-refractivity contribution < 1.29 is 19.8 Å². The number of rotatable bonds is 6. The number of carbonyl (C=O) groups is 2. The molecule has 0 atom stereocenters. The zero-order valence-electron chi connectivity index (χ0n) is 21.1. The van der Waals surface area contributed by atoms with E-state index in [9.17, 15) is 14.7 Å². The quantitative estimate of drug-likeness (QED) is 0.327. The van der Waals surface area contributed by atoms with Gasteiger partial charge < -0.3 is 24.7 Å². The van der Waals surface area contributed by atoms with Crippen molar-refractivity contribution in [3.63, 3.8) is 0 Å². The van der Waals surface area contributed by atoms with Crippen LogP contribution >= 0.6 is 17.0 Å². The lowest BCUT2D eigenvalue weighted by atomic mass is 9.78. The summed E-state index contributed by atoms with van der Waals surface area (Å²) < 4.78 is 3.33. The van der Waals surface area contributed by atoms with Crippen molar-refractivity contribution in [2.45, 2.75) is 65.5 Å². The fourth-order valence-electron chi connectivity index (χ4n) is 4.13. The topological polar surface area (TPSA) is 120 Å². The molecule has 3 rings (SSSR count). The van der Waals surface area contributed by atoms with Crippen LogP contribution in [0.5, 0.6) is 5.75 Å². The van der Waals surface area contributed by atoms with Gasteiger partial charge in [0, 0.05) is 29.8 Å². The standard InChI is InChI=1S/C26H34N4O4.BrH/c1-25(2,3)17-13-16(14-18(22(17)32)26(4,5)6)21(31)15-30-20-10-8-7-9-19(20)29(23(30)27)12-11-28-24(33)34;/h7-10,13-14,27-28,32H,11-12,15H2,1-6H3,(H,33,34);1H. The van der Waals surface area contributed by atoms with Crippen LogP contribution in [0.15, 0.2) is 36.4 Å². The van der Waals surface area contributed by atoms with Crippen molar-refractivity contribution in [1.29, 1.82) is 5.41 Å². The number of aromatic hydroxyl groups is 1. The van der Waals surface area contributed by atoms with Crippen LogP contribution in [-0.2, 0) is 23.9 Å². The molecular formula is C26H35BrN4O4. The first-order chi connectivity index (χ1) is 15.7. The molecule has 0 aliphatic rings. The summed E-state index contributed by atoms with van der Waals surface area (Å²) in [6.07, 6.45) is -1.12. The first-order valence-corrected chi connectivity index (χ1v) is 11.3. The van der Waals surface area contributed by atoms with E-state index in [0.717, 1.165) is 11.0 Å². The van der Waals surface area contributed by atoms with Crippen LogP contribution in [0.25, 0.3) is 11.0 Å². The van der Waals surface area contributed by atoms with Crippen LogP contribution in [0.4, 0.5) is 4.79 Å². The number of phenolic OH excluding ortho intramolecular Hbond substituents is 1. The molecule has 190 valence electrons. The molecule has 8 nitrogen and oxygen atoms in total. The molecule has 0 saturated heterocycles. The lowest BCUT2D eigenvalue weighted by molar-refractivity contribution is 0.0971. The molecule has 0 spiro atoms. The maximum atomic E-state index is 13.5. The predicted molar refractivity (Wildman–Crippen MR) is 142 cm³/mol. The SMILES string of the molecule is Br.CC(C)(C)c1cc(C(=O)Cn2c(=N)n(CCNC(=O)O)c3ccccc32)cc(C(C)(C)C)c1O. The van der Waals surface area contributed by atoms with Gasteiger partial charge in [-0.3, -0.25) is 10.2 Å². The number of ketones is 1. The molecule has 35 heavy (non-hydrogen) atoms. The Morgan fingerprint density at radius 3 is 1.89 bits per heavy atom. The largest absolute Gasteiger partial charge is 0.507 e. The van der Waals surface area contributed by atoms with Gasteiger partial charge >= 0.3 is 6.09 Å². The number of imidazole rings is 1. The molecule has 3 aromatic rings. The summed E-state index contributed by atoms with van der Waals surface area (Å²) in [5.74, 6) is 0.0500. The number of amides is 1. The Morgan fingerprint density at radius 1 is 0.943 bits per heavy atom. The number of nitrogens with zero attached hydrogens (tertiary/aromatic N) is 2. The molecule has 9 heteroatoms. The molecular weight excluding hydrogens is 512 g/mol. The van der Waals surface area contributed by atoms with Crippen molar-refractivity contribution in [1.82, 2.24) is 14.5 Å². The van der Waals surface area contributed by atoms with E-state index in [2.05, 4.69) is 5.32 Å². The van der Waals surface area contributed by atoms with E-state index < -0.39 is 6.09 Å². The van der Waals surface area contributed by atoms with Crippen LogP contribution in [0.3, 0.4) is 0 Å². The number of Topliss-reactive ketones (excluding diaryl/α,β-unsaturated/α-hetero) is 1. The number of fused-ring (bicyclic) bond motifs is 1. The van der Waals surface area contributed by atoms with Crippen LogP contribution in [-0.4, -0.2) is 37.8 Å². The van der Waals surface area contributed by atoms with E-state index in [-0.39, 0.29) is 64.6 Å². The Bertz CT molecular complexity index is 1270. The number of benzene rings is 2. The number of hydrogen-bond donors (Lipinski definition) is 4. The second-order valence-electron chi connectivity index (χ2n) is 10.6. The zero-order chi connectivity index (χ0) is 25.4. The third-order valence-electron chi connectivity index (χ3n) is 5.94. The summed E-state index contributed by atoms with van der Waals surface area (Å²) in [4.78, 5) is 24.3. The van der Waals surface area contributed by atoms with Crippen molar-refractivity contribution in [2.24, 2.45) is 0 Å². The third-order valence-corrected chi connectivity index (χ3v) is 5.94. The Hall–Kier alpha value is -3.07. The maximum absolute atomic E-state index is 13.5. The van der Waals surface area contributed by atoms with Gasteiger partial charge in [0.15, 0.2) is 5.78 Å². The average Bonchev–Trinajstić information content (AvgIpc) is 2.98. The Kier molecular flexibility index (Phi) is 8.27. The fraction of sp³-hybridized carbons (Fsp3) is 0.423. The second kappa shape index (κ2) is 10.3. The highest BCUT2D eigenvalue weighted by Gasteiger charge is 2.28. The van der Waals surface area contributed by atoms with E-state index in [4.69, 9.17) is 10.5 Å². The molecule has 1 amide bonds. The van der Waals surface area contributed by atoms with E-state index in [1.807, 2.05) is 65.8 Å². The summed E-state index contributed by atoms with van der Waals surface area (Å²) in [7, 11) is 0. The number of nitrogens with one attached hydrogen (secondary N) is 2. The molecule has 2 aromatic carbocycles. The number of aromatic nitrogens is 2. The molecule has 1 heterocycles. The molecule has 0 radical (unpaired) electrons. The van der Waals surface area contributed by atoms with Crippen LogP contribution in [0.2, 0.25) is 0 Å². The Balaban J connectivity index is 0.00000432. The van der Waals surface area contributed by atoms with Crippen molar-refractivity contribution in [2.75, 3.05) is 6.54 Å². The number of hydrogen-bond acceptors (Lipinski definition) is 4. The first kappa shape index (κ1) is 28.2. The minimum absolute atomic E-state index is 0. The van der Waals surface area contributed by atoms with Gasteiger partial charge in [0.25, 0.3) is 0 Å². The molecule has 0 aliphatic carbocycles. The number of para-hydroxylation sites is 2. The van der Waals surface area contributed by atoms with Crippen molar-refractivity contribution in [3.8, 4) is 5.75 Å². The van der Waals surface area contributed by atoms with Crippen LogP contribution in [0, 0.1) is 5.41 Å². The highest BCUT2D eigenvalue weighted by atomic mass is 79.9. The molecule has 0 bridgehead atoms. The highest BCUT2D eigenvalue weighted by molar-refractivity contribution is 8.93. The predicted octanol–water partition coefficient (Wildman–Crippen LogP) is 4.95. The number of phenols is 1. The van der Waals surface area contributed by atoms with Crippen LogP contribution < -0.4 is 10.9 Å². The van der Waals surface area contributed by atoms with E-state index in [0.29, 0.717) is 16.7 Å². The van der Waals surface area contributed by atoms with E-state index in [1.54, 1.807) is 21.3 Å².